The molecule has 1 aromatic carbocycles. The first-order valence-corrected chi connectivity index (χ1v) is 8.03. The largest absolute Gasteiger partial charge is 0.330 e. The lowest BCUT2D eigenvalue weighted by Gasteiger charge is -2.26. The highest BCUT2D eigenvalue weighted by Crippen LogP contribution is 2.25. The molecule has 4 heteroatoms. The lowest BCUT2D eigenvalue weighted by Crippen LogP contribution is -2.28. The number of hydrogen-bond donors (Lipinski definition) is 1. The number of fused-ring (bicyclic) bond motifs is 1. The lowest BCUT2D eigenvalue weighted by molar-refractivity contribution is 0.221. The Morgan fingerprint density at radius 1 is 1.29 bits per heavy atom. The second-order valence-electron chi connectivity index (χ2n) is 5.65. The maximum absolute atomic E-state index is 5.71. The van der Waals surface area contributed by atoms with Gasteiger partial charge in [0.25, 0.3) is 0 Å². The van der Waals surface area contributed by atoms with Crippen LogP contribution in [0.2, 0.25) is 0 Å². The third-order valence-corrected chi connectivity index (χ3v) is 4.25. The van der Waals surface area contributed by atoms with E-state index in [0.717, 1.165) is 37.4 Å². The Morgan fingerprint density at radius 3 is 2.62 bits per heavy atom. The zero-order valence-electron chi connectivity index (χ0n) is 13.8. The van der Waals surface area contributed by atoms with Gasteiger partial charge in [0.05, 0.1) is 17.1 Å². The van der Waals surface area contributed by atoms with E-state index in [2.05, 4.69) is 55.4 Å². The maximum atomic E-state index is 5.71. The Balaban J connectivity index is 2.49. The molecule has 4 nitrogen and oxygen atoms in total. The molecule has 0 aliphatic heterocycles. The van der Waals surface area contributed by atoms with E-state index in [1.807, 2.05) is 0 Å². The summed E-state index contributed by atoms with van der Waals surface area (Å²) in [6.07, 6.45) is 0.983. The van der Waals surface area contributed by atoms with Crippen LogP contribution >= 0.6 is 0 Å². The average molecular weight is 288 g/mol. The number of aromatic nitrogens is 2. The van der Waals surface area contributed by atoms with Gasteiger partial charge >= 0.3 is 0 Å². The van der Waals surface area contributed by atoms with Gasteiger partial charge in [0, 0.05) is 6.54 Å². The molecule has 0 saturated heterocycles. The van der Waals surface area contributed by atoms with Crippen molar-refractivity contribution in [2.24, 2.45) is 5.73 Å². The zero-order chi connectivity index (χ0) is 15.4. The van der Waals surface area contributed by atoms with Crippen LogP contribution in [-0.4, -0.2) is 34.1 Å². The van der Waals surface area contributed by atoms with Gasteiger partial charge in [-0.2, -0.15) is 0 Å². The summed E-state index contributed by atoms with van der Waals surface area (Å²) in [6.45, 7) is 12.5. The van der Waals surface area contributed by atoms with Crippen molar-refractivity contribution in [3.63, 3.8) is 0 Å². The second-order valence-corrected chi connectivity index (χ2v) is 5.65. The van der Waals surface area contributed by atoms with Gasteiger partial charge in [0.2, 0.25) is 0 Å². The highest BCUT2D eigenvalue weighted by molar-refractivity contribution is 5.77. The van der Waals surface area contributed by atoms with Gasteiger partial charge in [-0.25, -0.2) is 4.98 Å². The van der Waals surface area contributed by atoms with Crippen molar-refractivity contribution in [3.05, 3.63) is 29.6 Å². The number of rotatable bonds is 7. The van der Waals surface area contributed by atoms with Crippen molar-refractivity contribution in [1.82, 2.24) is 14.5 Å². The van der Waals surface area contributed by atoms with Crippen molar-refractivity contribution in [2.75, 3.05) is 19.6 Å². The average Bonchev–Trinajstić information content (AvgIpc) is 2.83. The fraction of sp³-hybridized carbons (Fsp3) is 0.588. The quantitative estimate of drug-likeness (QED) is 0.851. The summed E-state index contributed by atoms with van der Waals surface area (Å²) in [6, 6.07) is 6.85. The van der Waals surface area contributed by atoms with E-state index < -0.39 is 0 Å². The first kappa shape index (κ1) is 16.0. The minimum absolute atomic E-state index is 0.325. The van der Waals surface area contributed by atoms with E-state index in [-0.39, 0.29) is 0 Å². The van der Waals surface area contributed by atoms with Crippen LogP contribution in [0.4, 0.5) is 0 Å². The lowest BCUT2D eigenvalue weighted by atomic mass is 10.2. The molecule has 0 saturated carbocycles. The van der Waals surface area contributed by atoms with Crippen LogP contribution in [0, 0.1) is 6.92 Å². The first-order chi connectivity index (χ1) is 10.1. The zero-order valence-corrected chi connectivity index (χ0v) is 13.8. The fourth-order valence-corrected chi connectivity index (χ4v) is 3.00. The number of hydrogen-bond acceptors (Lipinski definition) is 3. The number of benzene rings is 1. The third kappa shape index (κ3) is 3.27. The topological polar surface area (TPSA) is 47.1 Å². The van der Waals surface area contributed by atoms with Gasteiger partial charge in [-0.3, -0.25) is 4.90 Å². The Hall–Kier alpha value is -1.39. The van der Waals surface area contributed by atoms with Crippen LogP contribution in [0.5, 0.6) is 0 Å². The Bertz CT molecular complexity index is 584. The number of nitrogens with two attached hydrogens (primary N) is 1. The molecule has 2 aromatic rings. The summed E-state index contributed by atoms with van der Waals surface area (Å²) in [5, 5.41) is 0. The van der Waals surface area contributed by atoms with Crippen LogP contribution in [0.1, 0.15) is 44.6 Å². The highest BCUT2D eigenvalue weighted by atomic mass is 15.2. The van der Waals surface area contributed by atoms with Crippen LogP contribution in [-0.2, 0) is 6.54 Å². The van der Waals surface area contributed by atoms with Gasteiger partial charge in [-0.05, 0) is 57.6 Å². The van der Waals surface area contributed by atoms with Crippen LogP contribution in [0.15, 0.2) is 18.2 Å². The maximum Gasteiger partial charge on any atom is 0.127 e. The van der Waals surface area contributed by atoms with E-state index in [1.165, 1.54) is 11.1 Å². The minimum atomic E-state index is 0.325. The van der Waals surface area contributed by atoms with Gasteiger partial charge in [0.1, 0.15) is 5.82 Å². The predicted molar refractivity (Wildman–Crippen MR) is 89.5 cm³/mol. The molecule has 0 bridgehead atoms. The van der Waals surface area contributed by atoms with Crippen molar-refractivity contribution >= 4 is 11.0 Å². The summed E-state index contributed by atoms with van der Waals surface area (Å²) in [7, 11) is 0. The highest BCUT2D eigenvalue weighted by Gasteiger charge is 2.20. The van der Waals surface area contributed by atoms with Crippen molar-refractivity contribution in [3.8, 4) is 0 Å². The van der Waals surface area contributed by atoms with Gasteiger partial charge in [-0.15, -0.1) is 0 Å². The number of nitrogens with zero attached hydrogens (tertiary/aromatic N) is 3. The SMILES string of the molecule is CCN(CC)C(C)c1nc2cc(C)ccc2n1CCCN. The van der Waals surface area contributed by atoms with E-state index in [4.69, 9.17) is 10.7 Å². The van der Waals surface area contributed by atoms with E-state index in [9.17, 15) is 0 Å². The van der Waals surface area contributed by atoms with Crippen molar-refractivity contribution in [1.29, 1.82) is 0 Å². The molecule has 1 unspecified atom stereocenters. The molecule has 0 amide bonds. The molecule has 1 heterocycles. The molecule has 1 atom stereocenters. The van der Waals surface area contributed by atoms with Gasteiger partial charge in [-0.1, -0.05) is 19.9 Å². The summed E-state index contributed by atoms with van der Waals surface area (Å²) >= 11 is 0. The van der Waals surface area contributed by atoms with Gasteiger partial charge in [0.15, 0.2) is 0 Å². The molecule has 0 spiro atoms. The molecule has 21 heavy (non-hydrogen) atoms. The molecule has 2 N–H and O–H groups in total. The Morgan fingerprint density at radius 2 is 2.00 bits per heavy atom. The fourth-order valence-electron chi connectivity index (χ4n) is 3.00. The molecule has 0 aliphatic rings. The first-order valence-electron chi connectivity index (χ1n) is 8.03. The molecular formula is C17H28N4. The predicted octanol–water partition coefficient (Wildman–Crippen LogP) is 3.10. The summed E-state index contributed by atoms with van der Waals surface area (Å²) in [5.74, 6) is 1.16. The van der Waals surface area contributed by atoms with Crippen LogP contribution < -0.4 is 5.73 Å². The molecule has 116 valence electrons. The Labute approximate surface area is 128 Å². The molecular weight excluding hydrogens is 260 g/mol. The standard InChI is InChI=1S/C17H28N4/c1-5-20(6-2)14(4)17-19-15-12-13(3)8-9-16(15)21(17)11-7-10-18/h8-9,12,14H,5-7,10-11,18H2,1-4H3. The molecule has 2 rings (SSSR count). The van der Waals surface area contributed by atoms with E-state index in [0.29, 0.717) is 12.6 Å². The summed E-state index contributed by atoms with van der Waals surface area (Å²) in [5.41, 5.74) is 9.29. The third-order valence-electron chi connectivity index (χ3n) is 4.25. The van der Waals surface area contributed by atoms with E-state index in [1.54, 1.807) is 0 Å². The Kier molecular flexibility index (Phi) is 5.37. The number of imidazole rings is 1. The van der Waals surface area contributed by atoms with Crippen LogP contribution in [0.3, 0.4) is 0 Å². The molecule has 0 radical (unpaired) electrons. The second kappa shape index (κ2) is 7.05. The molecule has 0 aliphatic carbocycles. The summed E-state index contributed by atoms with van der Waals surface area (Å²) in [4.78, 5) is 7.36. The van der Waals surface area contributed by atoms with Crippen molar-refractivity contribution in [2.45, 2.75) is 46.7 Å². The van der Waals surface area contributed by atoms with Crippen molar-refractivity contribution < 1.29 is 0 Å². The smallest absolute Gasteiger partial charge is 0.127 e. The number of aryl methyl sites for hydroxylation is 2. The molecule has 0 fully saturated rings. The van der Waals surface area contributed by atoms with Gasteiger partial charge < -0.3 is 10.3 Å². The van der Waals surface area contributed by atoms with Crippen LogP contribution in [0.25, 0.3) is 11.0 Å². The summed E-state index contributed by atoms with van der Waals surface area (Å²) < 4.78 is 2.35. The normalized spacial score (nSPS) is 13.2. The monoisotopic (exact) mass is 288 g/mol. The molecule has 1 aromatic heterocycles. The van der Waals surface area contributed by atoms with E-state index >= 15 is 0 Å². The minimum Gasteiger partial charge on any atom is -0.330 e.